The summed E-state index contributed by atoms with van der Waals surface area (Å²) in [5, 5.41) is 0.117. The molecule has 0 bridgehead atoms. The fraction of sp³-hybridized carbons (Fsp3) is 0.409. The first-order chi connectivity index (χ1) is 12.4. The van der Waals surface area contributed by atoms with E-state index in [0.717, 1.165) is 28.3 Å². The largest absolute Gasteiger partial charge is 0.543 e. The highest BCUT2D eigenvalue weighted by molar-refractivity contribution is 6.74. The van der Waals surface area contributed by atoms with Crippen LogP contribution in [-0.2, 0) is 0 Å². The number of ether oxygens (including phenoxy) is 1. The van der Waals surface area contributed by atoms with Crippen molar-refractivity contribution in [2.45, 2.75) is 58.4 Å². The Morgan fingerprint density at radius 2 is 1.81 bits per heavy atom. The minimum absolute atomic E-state index is 0.117. The summed E-state index contributed by atoms with van der Waals surface area (Å²) in [5.74, 6) is 1.24. The third-order valence-electron chi connectivity index (χ3n) is 5.29. The van der Waals surface area contributed by atoms with Crippen LogP contribution >= 0.6 is 0 Å². The van der Waals surface area contributed by atoms with E-state index < -0.39 is 13.9 Å². The van der Waals surface area contributed by atoms with Gasteiger partial charge in [-0.3, -0.25) is 4.98 Å². The summed E-state index contributed by atoms with van der Waals surface area (Å²) in [6, 6.07) is 9.09. The lowest BCUT2D eigenvalue weighted by atomic mass is 9.92. The third-order valence-corrected chi connectivity index (χ3v) is 9.65. The van der Waals surface area contributed by atoms with E-state index in [1.54, 1.807) is 6.07 Å². The van der Waals surface area contributed by atoms with Gasteiger partial charge in [0.2, 0.25) is 8.32 Å². The van der Waals surface area contributed by atoms with Crippen molar-refractivity contribution in [1.82, 2.24) is 4.98 Å². The molecule has 0 aliphatic carbocycles. The third kappa shape index (κ3) is 4.08. The van der Waals surface area contributed by atoms with Gasteiger partial charge in [0.15, 0.2) is 0 Å². The molecule has 0 unspecified atom stereocenters. The van der Waals surface area contributed by atoms with E-state index in [0.29, 0.717) is 0 Å². The predicted molar refractivity (Wildman–Crippen MR) is 110 cm³/mol. The number of hydrogen-bond donors (Lipinski definition) is 0. The van der Waals surface area contributed by atoms with Crippen LogP contribution in [0.1, 0.15) is 45.9 Å². The summed E-state index contributed by atoms with van der Waals surface area (Å²) in [5.41, 5.74) is 2.12. The van der Waals surface area contributed by atoms with Gasteiger partial charge >= 0.3 is 0 Å². The van der Waals surface area contributed by atoms with E-state index in [1.807, 2.05) is 38.1 Å². The average Bonchev–Trinajstić information content (AvgIpc) is 2.52. The molecule has 2 heterocycles. The fourth-order valence-corrected chi connectivity index (χ4v) is 3.83. The number of hydrogen-bond acceptors (Lipinski definition) is 3. The molecule has 0 atom stereocenters. The van der Waals surface area contributed by atoms with E-state index in [-0.39, 0.29) is 10.9 Å². The molecule has 144 valence electrons. The summed E-state index contributed by atoms with van der Waals surface area (Å²) in [6.07, 6.45) is 3.27. The molecule has 0 spiro atoms. The van der Waals surface area contributed by atoms with Crippen LogP contribution < -0.4 is 9.16 Å². The van der Waals surface area contributed by atoms with Crippen molar-refractivity contribution in [3.05, 3.63) is 59.7 Å². The van der Waals surface area contributed by atoms with Crippen LogP contribution in [0.5, 0.6) is 11.5 Å². The summed E-state index contributed by atoms with van der Waals surface area (Å²) in [6.45, 7) is 15.1. The summed E-state index contributed by atoms with van der Waals surface area (Å²) in [7, 11) is -1.94. The Morgan fingerprint density at radius 1 is 1.11 bits per heavy atom. The van der Waals surface area contributed by atoms with Gasteiger partial charge in [0.05, 0.1) is 11.9 Å². The first kappa shape index (κ1) is 19.6. The van der Waals surface area contributed by atoms with Gasteiger partial charge < -0.3 is 9.16 Å². The lowest BCUT2D eigenvalue weighted by molar-refractivity contribution is 0.158. The maximum Gasteiger partial charge on any atom is 0.250 e. The molecule has 3 rings (SSSR count). The molecule has 0 fully saturated rings. The second-order valence-corrected chi connectivity index (χ2v) is 13.9. The molecule has 2 aromatic rings. The van der Waals surface area contributed by atoms with Crippen molar-refractivity contribution in [1.29, 1.82) is 0 Å². The van der Waals surface area contributed by atoms with Crippen LogP contribution in [0.4, 0.5) is 4.39 Å². The number of fused-ring (bicyclic) bond motifs is 1. The molecule has 1 aliphatic heterocycles. The molecule has 1 aromatic carbocycles. The minimum atomic E-state index is -1.94. The average molecular weight is 386 g/mol. The zero-order chi connectivity index (χ0) is 20.0. The number of pyridine rings is 1. The minimum Gasteiger partial charge on any atom is -0.543 e. The highest BCUT2D eigenvalue weighted by Gasteiger charge is 2.39. The maximum atomic E-state index is 13.3. The lowest BCUT2D eigenvalue weighted by Gasteiger charge is -2.37. The van der Waals surface area contributed by atoms with Gasteiger partial charge in [-0.15, -0.1) is 0 Å². The van der Waals surface area contributed by atoms with Crippen LogP contribution in [0.15, 0.2) is 42.6 Å². The van der Waals surface area contributed by atoms with Crippen LogP contribution in [-0.4, -0.2) is 18.9 Å². The molecule has 1 aliphatic rings. The van der Waals surface area contributed by atoms with Crippen LogP contribution in [0, 0.1) is 5.82 Å². The van der Waals surface area contributed by atoms with Gasteiger partial charge in [-0.1, -0.05) is 20.8 Å². The topological polar surface area (TPSA) is 31.4 Å². The number of benzene rings is 1. The number of aromatic nitrogens is 1. The molecule has 0 N–H and O–H groups in total. The van der Waals surface area contributed by atoms with Gasteiger partial charge in [-0.25, -0.2) is 4.39 Å². The second kappa shape index (κ2) is 6.48. The molecule has 0 saturated carbocycles. The molecule has 1 aromatic heterocycles. The van der Waals surface area contributed by atoms with E-state index >= 15 is 0 Å². The maximum absolute atomic E-state index is 13.3. The monoisotopic (exact) mass is 385 g/mol. The fourth-order valence-electron chi connectivity index (χ4n) is 2.81. The van der Waals surface area contributed by atoms with Crippen molar-refractivity contribution in [3.63, 3.8) is 0 Å². The lowest BCUT2D eigenvalue weighted by Crippen LogP contribution is -2.43. The molecule has 0 saturated heterocycles. The molecular weight excluding hydrogens is 357 g/mol. The number of nitrogens with zero attached hydrogens (tertiary/aromatic N) is 1. The normalized spacial score (nSPS) is 16.2. The van der Waals surface area contributed by atoms with E-state index in [9.17, 15) is 4.39 Å². The van der Waals surface area contributed by atoms with Crippen molar-refractivity contribution in [2.75, 3.05) is 0 Å². The van der Waals surface area contributed by atoms with Crippen LogP contribution in [0.3, 0.4) is 0 Å². The van der Waals surface area contributed by atoms with E-state index in [1.165, 1.54) is 12.3 Å². The molecule has 5 heteroatoms. The smallest absolute Gasteiger partial charge is 0.250 e. The zero-order valence-electron chi connectivity index (χ0n) is 17.2. The van der Waals surface area contributed by atoms with Crippen molar-refractivity contribution < 1.29 is 13.6 Å². The number of halogens is 1. The molecule has 0 radical (unpaired) electrons. The Kier molecular flexibility index (Phi) is 4.71. The molecular formula is C22H28FNO2Si. The Hall–Kier alpha value is -2.14. The number of rotatable bonds is 3. The Bertz CT molecular complexity index is 880. The van der Waals surface area contributed by atoms with Crippen molar-refractivity contribution in [3.8, 4) is 11.5 Å². The predicted octanol–water partition coefficient (Wildman–Crippen LogP) is 6.21. The van der Waals surface area contributed by atoms with E-state index in [4.69, 9.17) is 9.16 Å². The second-order valence-electron chi connectivity index (χ2n) is 9.15. The van der Waals surface area contributed by atoms with Gasteiger partial charge in [0, 0.05) is 17.2 Å². The quantitative estimate of drug-likeness (QED) is 0.589. The Balaban J connectivity index is 2.01. The van der Waals surface area contributed by atoms with E-state index in [2.05, 4.69) is 38.8 Å². The summed E-state index contributed by atoms with van der Waals surface area (Å²) >= 11 is 0. The molecule has 27 heavy (non-hydrogen) atoms. The van der Waals surface area contributed by atoms with Gasteiger partial charge in [0.25, 0.3) is 0 Å². The SMILES string of the molecule is CC1(C)C=C(c2ccc(F)cn2)c2ccc(O[Si](C)(C)C(C)(C)C)cc2O1. The van der Waals surface area contributed by atoms with Gasteiger partial charge in [-0.2, -0.15) is 0 Å². The first-order valence-electron chi connectivity index (χ1n) is 9.25. The first-order valence-corrected chi connectivity index (χ1v) is 12.2. The summed E-state index contributed by atoms with van der Waals surface area (Å²) in [4.78, 5) is 4.26. The van der Waals surface area contributed by atoms with Gasteiger partial charge in [-0.05, 0) is 62.3 Å². The highest BCUT2D eigenvalue weighted by atomic mass is 28.4. The van der Waals surface area contributed by atoms with Crippen LogP contribution in [0.2, 0.25) is 18.1 Å². The standard InChI is InChI=1S/C22H28FNO2Si/c1-21(2,3)27(6,7)26-16-9-10-17-18(19-11-8-15(23)14-24-19)13-22(4,5)25-20(17)12-16/h8-14H,1-7H3. The summed E-state index contributed by atoms with van der Waals surface area (Å²) < 4.78 is 25.9. The van der Waals surface area contributed by atoms with Gasteiger partial charge in [0.1, 0.15) is 22.9 Å². The Labute approximate surface area is 162 Å². The Morgan fingerprint density at radius 3 is 2.41 bits per heavy atom. The molecule has 3 nitrogen and oxygen atoms in total. The zero-order valence-corrected chi connectivity index (χ0v) is 18.2. The van der Waals surface area contributed by atoms with Crippen molar-refractivity contribution in [2.24, 2.45) is 0 Å². The van der Waals surface area contributed by atoms with Crippen molar-refractivity contribution >= 4 is 13.9 Å². The van der Waals surface area contributed by atoms with Crippen LogP contribution in [0.25, 0.3) is 5.57 Å². The highest BCUT2D eigenvalue weighted by Crippen LogP contribution is 2.43. The molecule has 0 amide bonds.